The first-order valence-corrected chi connectivity index (χ1v) is 23.3. The standard InChI is InChI=1S/C57H31F2N5S2/c58-41-30-39-37-22-8-14-28-47(37)65-53(39)51(63-43-24-10-4-18-33(43)34-19-5-11-25-44(34)63)49(41)56-60-55(32-16-2-1-3-17-32)61-57(62-56)50-42(59)31-40-38-23-9-15-29-48(38)66-54(40)52(50)64-45-26-12-6-20-35(45)36-21-7-13-27-46(36)64/h1-31H. The van der Waals surface area contributed by atoms with Gasteiger partial charge in [-0.2, -0.15) is 0 Å². The number of halogens is 2. The second-order valence-corrected chi connectivity index (χ2v) is 18.6. The molecule has 5 heterocycles. The highest BCUT2D eigenvalue weighted by molar-refractivity contribution is 7.26. The van der Waals surface area contributed by atoms with Crippen molar-refractivity contribution >= 4 is 107 Å². The van der Waals surface area contributed by atoms with E-state index in [1.165, 1.54) is 0 Å². The van der Waals surface area contributed by atoms with Crippen LogP contribution < -0.4 is 0 Å². The fourth-order valence-corrected chi connectivity index (χ4v) is 12.6. The van der Waals surface area contributed by atoms with E-state index in [1.54, 1.807) is 34.8 Å². The number of para-hydroxylation sites is 4. The molecule has 0 aliphatic rings. The van der Waals surface area contributed by atoms with Crippen LogP contribution in [-0.4, -0.2) is 24.1 Å². The minimum Gasteiger partial charge on any atom is -0.307 e. The summed E-state index contributed by atoms with van der Waals surface area (Å²) in [5, 5.41) is 7.65. The van der Waals surface area contributed by atoms with Crippen molar-refractivity contribution in [3.05, 3.63) is 200 Å². The van der Waals surface area contributed by atoms with Crippen LogP contribution in [0.5, 0.6) is 0 Å². The predicted octanol–water partition coefficient (Wildman–Crippen LogP) is 16.1. The molecule has 9 heteroatoms. The Labute approximate surface area is 382 Å². The molecular weight excluding hydrogens is 857 g/mol. The average Bonchev–Trinajstić information content (AvgIpc) is 4.11. The summed E-state index contributed by atoms with van der Waals surface area (Å²) in [4.78, 5) is 15.6. The lowest BCUT2D eigenvalue weighted by atomic mass is 10.0. The van der Waals surface area contributed by atoms with Gasteiger partial charge >= 0.3 is 0 Å². The van der Waals surface area contributed by atoms with Gasteiger partial charge in [-0.3, -0.25) is 0 Å². The molecule has 0 atom stereocenters. The second kappa shape index (κ2) is 14.2. The third-order valence-corrected chi connectivity index (χ3v) is 15.3. The number of benzene rings is 9. The summed E-state index contributed by atoms with van der Waals surface area (Å²) < 4.78 is 44.1. The zero-order valence-electron chi connectivity index (χ0n) is 34.7. The van der Waals surface area contributed by atoms with Gasteiger partial charge in [-0.25, -0.2) is 23.7 Å². The lowest BCUT2D eigenvalue weighted by Gasteiger charge is -2.18. The molecule has 5 nitrogen and oxygen atoms in total. The molecule has 5 aromatic heterocycles. The van der Waals surface area contributed by atoms with Crippen molar-refractivity contribution in [2.45, 2.75) is 0 Å². The molecule has 0 aliphatic heterocycles. The summed E-state index contributed by atoms with van der Waals surface area (Å²) in [5.41, 5.74) is 5.96. The van der Waals surface area contributed by atoms with Crippen LogP contribution in [0.15, 0.2) is 188 Å². The molecule has 66 heavy (non-hydrogen) atoms. The highest BCUT2D eigenvalue weighted by Gasteiger charge is 2.30. The number of hydrogen-bond acceptors (Lipinski definition) is 5. The van der Waals surface area contributed by atoms with Crippen LogP contribution in [0.4, 0.5) is 8.78 Å². The third-order valence-electron chi connectivity index (χ3n) is 12.9. The van der Waals surface area contributed by atoms with E-state index in [0.29, 0.717) is 22.8 Å². The van der Waals surface area contributed by atoms with Crippen LogP contribution in [0.1, 0.15) is 0 Å². The van der Waals surface area contributed by atoms with Gasteiger partial charge in [0.15, 0.2) is 17.5 Å². The van der Waals surface area contributed by atoms with Crippen molar-refractivity contribution in [1.82, 2.24) is 24.1 Å². The van der Waals surface area contributed by atoms with Gasteiger partial charge in [0.05, 0.1) is 54.0 Å². The first-order chi connectivity index (χ1) is 32.6. The number of hydrogen-bond donors (Lipinski definition) is 0. The number of thiophene rings is 2. The number of rotatable bonds is 5. The van der Waals surface area contributed by atoms with E-state index >= 15 is 8.78 Å². The first kappa shape index (κ1) is 37.3. The van der Waals surface area contributed by atoms with Crippen LogP contribution in [-0.2, 0) is 0 Å². The zero-order valence-corrected chi connectivity index (χ0v) is 36.3. The highest BCUT2D eigenvalue weighted by Crippen LogP contribution is 2.49. The Balaban J connectivity index is 1.16. The van der Waals surface area contributed by atoms with Crippen LogP contribution in [0.25, 0.3) is 129 Å². The third kappa shape index (κ3) is 5.32. The van der Waals surface area contributed by atoms with E-state index < -0.39 is 11.6 Å². The molecule has 0 radical (unpaired) electrons. The number of aromatic nitrogens is 5. The molecule has 0 saturated heterocycles. The predicted molar refractivity (Wildman–Crippen MR) is 271 cm³/mol. The zero-order chi connectivity index (χ0) is 43.6. The summed E-state index contributed by atoms with van der Waals surface area (Å²) in [6.45, 7) is 0. The summed E-state index contributed by atoms with van der Waals surface area (Å²) in [6, 6.07) is 61.9. The lowest BCUT2D eigenvalue weighted by Crippen LogP contribution is -2.08. The van der Waals surface area contributed by atoms with Crippen molar-refractivity contribution < 1.29 is 8.78 Å². The van der Waals surface area contributed by atoms with E-state index in [0.717, 1.165) is 84.0 Å². The molecule has 0 fully saturated rings. The van der Waals surface area contributed by atoms with Crippen LogP contribution in [0, 0.1) is 11.6 Å². The van der Waals surface area contributed by atoms with Crippen LogP contribution in [0.3, 0.4) is 0 Å². The quantitative estimate of drug-likeness (QED) is 0.173. The molecule has 0 unspecified atom stereocenters. The maximum Gasteiger partial charge on any atom is 0.169 e. The van der Waals surface area contributed by atoms with Gasteiger partial charge in [-0.05, 0) is 48.5 Å². The van der Waals surface area contributed by atoms with Crippen LogP contribution >= 0.6 is 22.7 Å². The smallest absolute Gasteiger partial charge is 0.169 e. The molecule has 14 aromatic rings. The molecule has 0 N–H and O–H groups in total. The Bertz CT molecular complexity index is 3970. The Morgan fingerprint density at radius 2 is 0.667 bits per heavy atom. The van der Waals surface area contributed by atoms with E-state index in [2.05, 4.69) is 69.8 Å². The minimum absolute atomic E-state index is 0.0941. The molecule has 0 spiro atoms. The van der Waals surface area contributed by atoms with E-state index in [1.807, 2.05) is 115 Å². The normalized spacial score (nSPS) is 12.1. The molecule has 0 saturated carbocycles. The molecule has 0 amide bonds. The van der Waals surface area contributed by atoms with E-state index in [-0.39, 0.29) is 22.8 Å². The average molecular weight is 888 g/mol. The Morgan fingerprint density at radius 3 is 1.08 bits per heavy atom. The van der Waals surface area contributed by atoms with Crippen molar-refractivity contribution in [3.8, 4) is 45.5 Å². The molecule has 14 rings (SSSR count). The van der Waals surface area contributed by atoms with Crippen LogP contribution in [0.2, 0.25) is 0 Å². The van der Waals surface area contributed by atoms with Gasteiger partial charge < -0.3 is 9.13 Å². The SMILES string of the molecule is Fc1cc2c(sc3ccccc32)c(-n2c3ccccc3c3ccccc32)c1-c1nc(-c2ccccc2)nc(-c2c(F)cc3c(sc4ccccc43)c2-n2c3ccccc3c3ccccc32)n1. The second-order valence-electron chi connectivity index (χ2n) is 16.5. The van der Waals surface area contributed by atoms with Gasteiger partial charge in [0.2, 0.25) is 0 Å². The summed E-state index contributed by atoms with van der Waals surface area (Å²) >= 11 is 3.22. The van der Waals surface area contributed by atoms with E-state index in [4.69, 9.17) is 15.0 Å². The Hall–Kier alpha value is -8.11. The molecule has 0 aliphatic carbocycles. The Kier molecular flexibility index (Phi) is 8.02. The highest BCUT2D eigenvalue weighted by atomic mass is 32.1. The van der Waals surface area contributed by atoms with Gasteiger partial charge in [0.1, 0.15) is 11.6 Å². The molecule has 9 aromatic carbocycles. The van der Waals surface area contributed by atoms with Gasteiger partial charge in [0, 0.05) is 58.1 Å². The van der Waals surface area contributed by atoms with Gasteiger partial charge in [-0.1, -0.05) is 140 Å². The topological polar surface area (TPSA) is 48.5 Å². The first-order valence-electron chi connectivity index (χ1n) is 21.7. The minimum atomic E-state index is -0.498. The Morgan fingerprint density at radius 1 is 0.333 bits per heavy atom. The van der Waals surface area contributed by atoms with Gasteiger partial charge in [-0.15, -0.1) is 22.7 Å². The number of nitrogens with zero attached hydrogens (tertiary/aromatic N) is 5. The molecule has 310 valence electrons. The monoisotopic (exact) mass is 887 g/mol. The van der Waals surface area contributed by atoms with Crippen molar-refractivity contribution in [2.24, 2.45) is 0 Å². The van der Waals surface area contributed by atoms with Crippen molar-refractivity contribution in [2.75, 3.05) is 0 Å². The summed E-state index contributed by atoms with van der Waals surface area (Å²) in [5.74, 6) is -0.513. The fourth-order valence-electron chi connectivity index (χ4n) is 10.1. The van der Waals surface area contributed by atoms with Gasteiger partial charge in [0.25, 0.3) is 0 Å². The fraction of sp³-hybridized carbons (Fsp3) is 0. The van der Waals surface area contributed by atoms with Crippen molar-refractivity contribution in [1.29, 1.82) is 0 Å². The molecular formula is C57H31F2N5S2. The van der Waals surface area contributed by atoms with Crippen molar-refractivity contribution in [3.63, 3.8) is 0 Å². The molecule has 0 bridgehead atoms. The maximum absolute atomic E-state index is 18.0. The summed E-state index contributed by atoms with van der Waals surface area (Å²) in [7, 11) is 0. The maximum atomic E-state index is 18.0. The largest absolute Gasteiger partial charge is 0.307 e. The number of fused-ring (bicyclic) bond motifs is 12. The summed E-state index contributed by atoms with van der Waals surface area (Å²) in [6.07, 6.45) is 0. The lowest BCUT2D eigenvalue weighted by molar-refractivity contribution is 0.630. The van der Waals surface area contributed by atoms with E-state index in [9.17, 15) is 0 Å².